The number of pyridine rings is 1. The molecule has 1 aromatic heterocycles. The summed E-state index contributed by atoms with van der Waals surface area (Å²) in [5.41, 5.74) is 6.90. The van der Waals surface area contributed by atoms with E-state index in [-0.39, 0.29) is 11.9 Å². The quantitative estimate of drug-likeness (QED) is 0.905. The van der Waals surface area contributed by atoms with Crippen LogP contribution in [0.4, 0.5) is 5.82 Å². The van der Waals surface area contributed by atoms with Crippen LogP contribution in [0.5, 0.6) is 0 Å². The fourth-order valence-corrected chi connectivity index (χ4v) is 1.88. The fraction of sp³-hybridized carbons (Fsp3) is 0.143. The Morgan fingerprint density at radius 2 is 2.16 bits per heavy atom. The second-order valence-electron chi connectivity index (χ2n) is 4.22. The third kappa shape index (κ3) is 3.45. The zero-order valence-corrected chi connectivity index (χ0v) is 11.2. The Bertz CT molecular complexity index is 583. The number of hydrogen-bond acceptors (Lipinski definition) is 3. The molecule has 1 aromatic carbocycles. The van der Waals surface area contributed by atoms with Crippen LogP contribution in [0.1, 0.15) is 28.9 Å². The van der Waals surface area contributed by atoms with Crippen molar-refractivity contribution in [1.29, 1.82) is 0 Å². The van der Waals surface area contributed by atoms with Crippen molar-refractivity contribution in [1.82, 2.24) is 10.3 Å². The molecule has 1 amide bonds. The molecule has 98 valence electrons. The molecule has 0 spiro atoms. The number of nitrogen functional groups attached to an aromatic ring is 1. The van der Waals surface area contributed by atoms with Gasteiger partial charge in [-0.15, -0.1) is 0 Å². The maximum atomic E-state index is 12.0. The van der Waals surface area contributed by atoms with Gasteiger partial charge in [0.1, 0.15) is 5.82 Å². The summed E-state index contributed by atoms with van der Waals surface area (Å²) >= 11 is 5.92. The number of rotatable bonds is 3. The number of nitrogens with zero attached hydrogens (tertiary/aromatic N) is 1. The molecule has 0 bridgehead atoms. The molecule has 0 aliphatic heterocycles. The number of amides is 1. The first kappa shape index (κ1) is 13.4. The summed E-state index contributed by atoms with van der Waals surface area (Å²) in [5.74, 6) is 0.194. The van der Waals surface area contributed by atoms with Gasteiger partial charge in [-0.1, -0.05) is 23.7 Å². The minimum absolute atomic E-state index is 0.135. The van der Waals surface area contributed by atoms with E-state index in [1.165, 1.54) is 6.20 Å². The smallest absolute Gasteiger partial charge is 0.253 e. The Balaban J connectivity index is 2.08. The molecule has 2 rings (SSSR count). The number of hydrogen-bond donors (Lipinski definition) is 2. The van der Waals surface area contributed by atoms with E-state index in [1.54, 1.807) is 18.2 Å². The molecule has 0 saturated carbocycles. The molecule has 0 aliphatic rings. The van der Waals surface area contributed by atoms with Gasteiger partial charge in [0.2, 0.25) is 0 Å². The average molecular weight is 276 g/mol. The minimum atomic E-state index is -0.194. The van der Waals surface area contributed by atoms with Gasteiger partial charge in [0.05, 0.1) is 11.6 Å². The summed E-state index contributed by atoms with van der Waals surface area (Å²) in [4.78, 5) is 15.9. The summed E-state index contributed by atoms with van der Waals surface area (Å²) in [6.07, 6.45) is 1.45. The van der Waals surface area contributed by atoms with Crippen LogP contribution in [0.3, 0.4) is 0 Å². The second kappa shape index (κ2) is 5.71. The second-order valence-corrected chi connectivity index (χ2v) is 4.66. The van der Waals surface area contributed by atoms with Gasteiger partial charge in [0.25, 0.3) is 5.91 Å². The first-order chi connectivity index (χ1) is 9.06. The molecule has 1 heterocycles. The van der Waals surface area contributed by atoms with Gasteiger partial charge in [-0.3, -0.25) is 4.79 Å². The lowest BCUT2D eigenvalue weighted by Crippen LogP contribution is -2.26. The van der Waals surface area contributed by atoms with Crippen molar-refractivity contribution in [2.75, 3.05) is 5.73 Å². The van der Waals surface area contributed by atoms with Crippen LogP contribution < -0.4 is 11.1 Å². The number of benzene rings is 1. The summed E-state index contributed by atoms with van der Waals surface area (Å²) in [6, 6.07) is 10.5. The number of halogens is 1. The van der Waals surface area contributed by atoms with Crippen LogP contribution >= 0.6 is 11.6 Å². The molecule has 5 heteroatoms. The molecular weight excluding hydrogens is 262 g/mol. The van der Waals surface area contributed by atoms with Gasteiger partial charge in [-0.25, -0.2) is 4.98 Å². The van der Waals surface area contributed by atoms with Crippen molar-refractivity contribution in [3.05, 3.63) is 58.7 Å². The van der Waals surface area contributed by atoms with E-state index in [1.807, 2.05) is 25.1 Å². The Morgan fingerprint density at radius 1 is 1.37 bits per heavy atom. The van der Waals surface area contributed by atoms with Crippen molar-refractivity contribution in [2.24, 2.45) is 0 Å². The largest absolute Gasteiger partial charge is 0.384 e. The van der Waals surface area contributed by atoms with E-state index in [4.69, 9.17) is 17.3 Å². The lowest BCUT2D eigenvalue weighted by Gasteiger charge is -2.14. The molecular formula is C14H14ClN3O. The Labute approximate surface area is 116 Å². The predicted molar refractivity (Wildman–Crippen MR) is 76.0 cm³/mol. The highest BCUT2D eigenvalue weighted by Crippen LogP contribution is 2.17. The van der Waals surface area contributed by atoms with Crippen LogP contribution in [-0.2, 0) is 0 Å². The Hall–Kier alpha value is -2.07. The molecule has 0 radical (unpaired) electrons. The van der Waals surface area contributed by atoms with Crippen molar-refractivity contribution in [2.45, 2.75) is 13.0 Å². The van der Waals surface area contributed by atoms with Crippen LogP contribution in [-0.4, -0.2) is 10.9 Å². The zero-order valence-electron chi connectivity index (χ0n) is 10.4. The molecule has 1 unspecified atom stereocenters. The molecule has 4 nitrogen and oxygen atoms in total. The van der Waals surface area contributed by atoms with Crippen molar-refractivity contribution in [3.63, 3.8) is 0 Å². The number of carbonyl (C=O) groups excluding carboxylic acids is 1. The minimum Gasteiger partial charge on any atom is -0.384 e. The first-order valence-electron chi connectivity index (χ1n) is 5.84. The van der Waals surface area contributed by atoms with Gasteiger partial charge in [0.15, 0.2) is 0 Å². The maximum absolute atomic E-state index is 12.0. The average Bonchev–Trinajstić information content (AvgIpc) is 2.39. The van der Waals surface area contributed by atoms with Crippen LogP contribution in [0, 0.1) is 0 Å². The van der Waals surface area contributed by atoms with E-state index in [9.17, 15) is 4.79 Å². The van der Waals surface area contributed by atoms with E-state index in [0.29, 0.717) is 16.4 Å². The van der Waals surface area contributed by atoms with Crippen LogP contribution in [0.2, 0.25) is 5.02 Å². The van der Waals surface area contributed by atoms with Crippen molar-refractivity contribution >= 4 is 23.3 Å². The van der Waals surface area contributed by atoms with E-state index in [0.717, 1.165) is 5.56 Å². The highest BCUT2D eigenvalue weighted by molar-refractivity contribution is 6.30. The number of carbonyl (C=O) groups is 1. The maximum Gasteiger partial charge on any atom is 0.253 e. The van der Waals surface area contributed by atoms with Crippen LogP contribution in [0.25, 0.3) is 0 Å². The molecule has 3 N–H and O–H groups in total. The number of anilines is 1. The van der Waals surface area contributed by atoms with Crippen LogP contribution in [0.15, 0.2) is 42.6 Å². The highest BCUT2D eigenvalue weighted by Gasteiger charge is 2.11. The predicted octanol–water partition coefficient (Wildman–Crippen LogP) is 2.81. The summed E-state index contributed by atoms with van der Waals surface area (Å²) in [5, 5.41) is 3.53. The number of aromatic nitrogens is 1. The molecule has 0 saturated heterocycles. The molecule has 2 aromatic rings. The third-order valence-corrected chi connectivity index (χ3v) is 2.98. The molecule has 0 aliphatic carbocycles. The van der Waals surface area contributed by atoms with Gasteiger partial charge in [-0.05, 0) is 36.8 Å². The molecule has 19 heavy (non-hydrogen) atoms. The summed E-state index contributed by atoms with van der Waals surface area (Å²) in [7, 11) is 0. The topological polar surface area (TPSA) is 68.0 Å². The van der Waals surface area contributed by atoms with E-state index in [2.05, 4.69) is 10.3 Å². The highest BCUT2D eigenvalue weighted by atomic mass is 35.5. The van der Waals surface area contributed by atoms with Gasteiger partial charge in [0, 0.05) is 11.2 Å². The third-order valence-electron chi connectivity index (χ3n) is 2.74. The number of nitrogens with one attached hydrogen (secondary N) is 1. The lowest BCUT2D eigenvalue weighted by molar-refractivity contribution is 0.0939. The molecule has 1 atom stereocenters. The van der Waals surface area contributed by atoms with E-state index < -0.39 is 0 Å². The van der Waals surface area contributed by atoms with E-state index >= 15 is 0 Å². The Morgan fingerprint density at radius 3 is 2.79 bits per heavy atom. The summed E-state index contributed by atoms with van der Waals surface area (Å²) < 4.78 is 0. The van der Waals surface area contributed by atoms with Gasteiger partial charge >= 0.3 is 0 Å². The molecule has 0 fully saturated rings. The monoisotopic (exact) mass is 275 g/mol. The van der Waals surface area contributed by atoms with Crippen molar-refractivity contribution < 1.29 is 4.79 Å². The van der Waals surface area contributed by atoms with Gasteiger partial charge < -0.3 is 11.1 Å². The summed E-state index contributed by atoms with van der Waals surface area (Å²) in [6.45, 7) is 1.90. The fourth-order valence-electron chi connectivity index (χ4n) is 1.68. The zero-order chi connectivity index (χ0) is 13.8. The SMILES string of the molecule is CC(NC(=O)c1ccc(N)nc1)c1cccc(Cl)c1. The normalized spacial score (nSPS) is 11.9. The standard InChI is InChI=1S/C14H14ClN3O/c1-9(10-3-2-4-12(15)7-10)18-14(19)11-5-6-13(16)17-8-11/h2-9H,1H3,(H2,16,17)(H,18,19). The van der Waals surface area contributed by atoms with Crippen molar-refractivity contribution in [3.8, 4) is 0 Å². The lowest BCUT2D eigenvalue weighted by atomic mass is 10.1. The van der Waals surface area contributed by atoms with Gasteiger partial charge in [-0.2, -0.15) is 0 Å². The Kier molecular flexibility index (Phi) is 4.02. The number of nitrogens with two attached hydrogens (primary N) is 1. The first-order valence-corrected chi connectivity index (χ1v) is 6.22.